The van der Waals surface area contributed by atoms with Gasteiger partial charge in [-0.25, -0.2) is 4.79 Å². The van der Waals surface area contributed by atoms with Crippen molar-refractivity contribution < 1.29 is 24.2 Å². The second kappa shape index (κ2) is 10.4. The van der Waals surface area contributed by atoms with E-state index in [0.717, 1.165) is 5.56 Å². The molecule has 144 valence electrons. The van der Waals surface area contributed by atoms with E-state index >= 15 is 0 Å². The number of rotatable bonds is 9. The Bertz CT molecular complexity index is 606. The maximum atomic E-state index is 12.4. The lowest BCUT2D eigenvalue weighted by molar-refractivity contribution is -0.131. The van der Waals surface area contributed by atoms with Gasteiger partial charge in [-0.2, -0.15) is 0 Å². The molecule has 26 heavy (non-hydrogen) atoms. The van der Waals surface area contributed by atoms with E-state index in [-0.39, 0.29) is 12.5 Å². The standard InChI is InChI=1S/C18H27N3O5/c1-4-11(2)14(16(19)23)20-17(24)15(12(3)22)21-18(25)26-10-13-8-6-5-7-9-13/h5-9,11-12,14-15,22H,4,10H2,1-3H3,(H2,19,23)(H,20,24)(H,21,25)/t11-,12-,14-,15+/m1/s1. The molecular formula is C18H27N3O5. The second-order valence-electron chi connectivity index (χ2n) is 6.20. The molecule has 1 aromatic rings. The molecule has 3 amide bonds. The summed E-state index contributed by atoms with van der Waals surface area (Å²) in [5.41, 5.74) is 6.11. The van der Waals surface area contributed by atoms with Gasteiger partial charge in [0.05, 0.1) is 6.10 Å². The quantitative estimate of drug-likeness (QED) is 0.511. The Balaban J connectivity index is 2.67. The predicted molar refractivity (Wildman–Crippen MR) is 95.8 cm³/mol. The number of nitrogens with one attached hydrogen (secondary N) is 2. The number of aliphatic hydroxyl groups excluding tert-OH is 1. The Kier molecular flexibility index (Phi) is 8.57. The van der Waals surface area contributed by atoms with Crippen LogP contribution in [0.5, 0.6) is 0 Å². The van der Waals surface area contributed by atoms with Gasteiger partial charge in [-0.3, -0.25) is 9.59 Å². The van der Waals surface area contributed by atoms with Crippen LogP contribution in [0.4, 0.5) is 4.79 Å². The zero-order valence-electron chi connectivity index (χ0n) is 15.3. The highest BCUT2D eigenvalue weighted by atomic mass is 16.5. The molecule has 0 aliphatic rings. The van der Waals surface area contributed by atoms with Crippen molar-refractivity contribution in [1.82, 2.24) is 10.6 Å². The van der Waals surface area contributed by atoms with Crippen molar-refractivity contribution in [3.63, 3.8) is 0 Å². The van der Waals surface area contributed by atoms with E-state index in [1.165, 1.54) is 6.92 Å². The van der Waals surface area contributed by atoms with Crippen molar-refractivity contribution in [3.8, 4) is 0 Å². The minimum absolute atomic E-state index is 0.0254. The monoisotopic (exact) mass is 365 g/mol. The zero-order chi connectivity index (χ0) is 19.7. The highest BCUT2D eigenvalue weighted by Crippen LogP contribution is 2.08. The highest BCUT2D eigenvalue weighted by molar-refractivity contribution is 5.91. The van der Waals surface area contributed by atoms with Crippen molar-refractivity contribution in [1.29, 1.82) is 0 Å². The topological polar surface area (TPSA) is 131 Å². The molecule has 0 aromatic heterocycles. The van der Waals surface area contributed by atoms with Crippen molar-refractivity contribution >= 4 is 17.9 Å². The Morgan fingerprint density at radius 2 is 1.73 bits per heavy atom. The number of carbonyl (C=O) groups excluding carboxylic acids is 3. The molecule has 0 saturated heterocycles. The summed E-state index contributed by atoms with van der Waals surface area (Å²) in [7, 11) is 0. The number of primary amides is 1. The van der Waals surface area contributed by atoms with Crippen LogP contribution in [0.3, 0.4) is 0 Å². The number of alkyl carbamates (subject to hydrolysis) is 1. The molecule has 8 nitrogen and oxygen atoms in total. The first-order valence-electron chi connectivity index (χ1n) is 8.51. The average Bonchev–Trinajstić information content (AvgIpc) is 2.61. The lowest BCUT2D eigenvalue weighted by Crippen LogP contribution is -2.58. The average molecular weight is 365 g/mol. The second-order valence-corrected chi connectivity index (χ2v) is 6.20. The molecule has 0 saturated carbocycles. The van der Waals surface area contributed by atoms with E-state index in [4.69, 9.17) is 10.5 Å². The van der Waals surface area contributed by atoms with Gasteiger partial charge >= 0.3 is 6.09 Å². The minimum atomic E-state index is -1.27. The molecule has 1 aromatic carbocycles. The van der Waals surface area contributed by atoms with Crippen molar-refractivity contribution in [2.45, 2.75) is 52.0 Å². The van der Waals surface area contributed by atoms with E-state index in [1.54, 1.807) is 19.1 Å². The molecule has 0 radical (unpaired) electrons. The minimum Gasteiger partial charge on any atom is -0.445 e. The van der Waals surface area contributed by atoms with Gasteiger partial charge in [0.25, 0.3) is 0 Å². The summed E-state index contributed by atoms with van der Waals surface area (Å²) in [5.74, 6) is -1.57. The third-order valence-corrected chi connectivity index (χ3v) is 4.07. The summed E-state index contributed by atoms with van der Waals surface area (Å²) in [4.78, 5) is 35.9. The molecule has 1 rings (SSSR count). The van der Waals surface area contributed by atoms with E-state index in [9.17, 15) is 19.5 Å². The normalized spacial score (nSPS) is 15.2. The highest BCUT2D eigenvalue weighted by Gasteiger charge is 2.31. The number of hydrogen-bond donors (Lipinski definition) is 4. The maximum Gasteiger partial charge on any atom is 0.408 e. The third kappa shape index (κ3) is 6.72. The first-order valence-corrected chi connectivity index (χ1v) is 8.51. The summed E-state index contributed by atoms with van der Waals surface area (Å²) in [6.07, 6.45) is -1.42. The fourth-order valence-corrected chi connectivity index (χ4v) is 2.27. The first kappa shape index (κ1) is 21.4. The lowest BCUT2D eigenvalue weighted by atomic mass is 9.98. The van der Waals surface area contributed by atoms with Gasteiger partial charge in [-0.05, 0) is 18.4 Å². The Morgan fingerprint density at radius 3 is 2.23 bits per heavy atom. The number of nitrogens with two attached hydrogens (primary N) is 1. The number of carbonyl (C=O) groups is 3. The van der Waals surface area contributed by atoms with E-state index in [0.29, 0.717) is 6.42 Å². The number of amides is 3. The van der Waals surface area contributed by atoms with Gasteiger partial charge in [0.2, 0.25) is 11.8 Å². The Morgan fingerprint density at radius 1 is 1.12 bits per heavy atom. The summed E-state index contributed by atoms with van der Waals surface area (Å²) in [5, 5.41) is 14.6. The summed E-state index contributed by atoms with van der Waals surface area (Å²) in [6.45, 7) is 5.01. The largest absolute Gasteiger partial charge is 0.445 e. The molecule has 0 spiro atoms. The van der Waals surface area contributed by atoms with Gasteiger partial charge in [-0.1, -0.05) is 50.6 Å². The van der Waals surface area contributed by atoms with Crippen molar-refractivity contribution in [2.24, 2.45) is 11.7 Å². The SMILES string of the molecule is CC[C@@H](C)[C@@H](NC(=O)[C@@H](NC(=O)OCc1ccccc1)[C@@H](C)O)C(N)=O. The van der Waals surface area contributed by atoms with Crippen LogP contribution in [-0.4, -0.2) is 41.2 Å². The molecule has 8 heteroatoms. The van der Waals surface area contributed by atoms with Crippen LogP contribution in [0.15, 0.2) is 30.3 Å². The van der Waals surface area contributed by atoms with Gasteiger partial charge in [0.1, 0.15) is 18.7 Å². The third-order valence-electron chi connectivity index (χ3n) is 4.07. The summed E-state index contributed by atoms with van der Waals surface area (Å²) in [6, 6.07) is 6.86. The van der Waals surface area contributed by atoms with Gasteiger partial charge in [0, 0.05) is 0 Å². The van der Waals surface area contributed by atoms with E-state index in [1.807, 2.05) is 25.1 Å². The maximum absolute atomic E-state index is 12.4. The van der Waals surface area contributed by atoms with Crippen molar-refractivity contribution in [3.05, 3.63) is 35.9 Å². The van der Waals surface area contributed by atoms with E-state index < -0.39 is 36.1 Å². The van der Waals surface area contributed by atoms with Gasteiger partial charge < -0.3 is 26.2 Å². The molecule has 0 aliphatic carbocycles. The molecule has 0 fully saturated rings. The molecule has 0 bridgehead atoms. The smallest absolute Gasteiger partial charge is 0.408 e. The summed E-state index contributed by atoms with van der Waals surface area (Å²) < 4.78 is 5.05. The Hall–Kier alpha value is -2.61. The zero-order valence-corrected chi connectivity index (χ0v) is 15.3. The van der Waals surface area contributed by atoms with Gasteiger partial charge in [-0.15, -0.1) is 0 Å². The molecule has 4 atom stereocenters. The molecule has 0 aliphatic heterocycles. The molecule has 0 heterocycles. The number of ether oxygens (including phenoxy) is 1. The van der Waals surface area contributed by atoms with Crippen LogP contribution >= 0.6 is 0 Å². The number of aliphatic hydroxyl groups is 1. The van der Waals surface area contributed by atoms with Crippen LogP contribution in [0.25, 0.3) is 0 Å². The molecule has 0 unspecified atom stereocenters. The van der Waals surface area contributed by atoms with Crippen molar-refractivity contribution in [2.75, 3.05) is 0 Å². The van der Waals surface area contributed by atoms with E-state index in [2.05, 4.69) is 10.6 Å². The summed E-state index contributed by atoms with van der Waals surface area (Å²) >= 11 is 0. The van der Waals surface area contributed by atoms with Crippen LogP contribution in [0, 0.1) is 5.92 Å². The van der Waals surface area contributed by atoms with Gasteiger partial charge in [0.15, 0.2) is 0 Å². The fourth-order valence-electron chi connectivity index (χ4n) is 2.27. The predicted octanol–water partition coefficient (Wildman–Crippen LogP) is 0.678. The van der Waals surface area contributed by atoms with Crippen LogP contribution in [0.1, 0.15) is 32.8 Å². The number of benzene rings is 1. The Labute approximate surface area is 153 Å². The van der Waals surface area contributed by atoms with Crippen LogP contribution in [-0.2, 0) is 20.9 Å². The fraction of sp³-hybridized carbons (Fsp3) is 0.500. The molecule has 5 N–H and O–H groups in total. The number of hydrogen-bond acceptors (Lipinski definition) is 5. The molecular weight excluding hydrogens is 338 g/mol. The lowest BCUT2D eigenvalue weighted by Gasteiger charge is -2.26. The van der Waals surface area contributed by atoms with Crippen LogP contribution in [0.2, 0.25) is 0 Å². The van der Waals surface area contributed by atoms with Crippen LogP contribution < -0.4 is 16.4 Å². The first-order chi connectivity index (χ1) is 12.3.